The Bertz CT molecular complexity index is 570. The lowest BCUT2D eigenvalue weighted by Gasteiger charge is -2.09. The number of ether oxygens (including phenoxy) is 2. The van der Waals surface area contributed by atoms with Gasteiger partial charge in [-0.05, 0) is 18.9 Å². The standard InChI is InChI=1S/C16H21NO6/c1-3-5-9-22-15(18)13-8-7-12(17(20)21)11-14(13)16(19)23-10-6-4-2/h7-8,11H,3-6,9-10H2,1-2H3. The summed E-state index contributed by atoms with van der Waals surface area (Å²) in [5.41, 5.74) is -0.442. The Labute approximate surface area is 134 Å². The molecular weight excluding hydrogens is 302 g/mol. The fourth-order valence-corrected chi connectivity index (χ4v) is 1.77. The Morgan fingerprint density at radius 1 is 1.00 bits per heavy atom. The first-order chi connectivity index (χ1) is 11.0. The first-order valence-corrected chi connectivity index (χ1v) is 7.63. The van der Waals surface area contributed by atoms with Gasteiger partial charge >= 0.3 is 11.9 Å². The van der Waals surface area contributed by atoms with Gasteiger partial charge in [0.1, 0.15) is 0 Å². The molecule has 0 fully saturated rings. The van der Waals surface area contributed by atoms with E-state index in [2.05, 4.69) is 0 Å². The Hall–Kier alpha value is -2.44. The molecule has 23 heavy (non-hydrogen) atoms. The van der Waals surface area contributed by atoms with Gasteiger partial charge in [-0.15, -0.1) is 0 Å². The van der Waals surface area contributed by atoms with Crippen molar-refractivity contribution in [1.29, 1.82) is 0 Å². The summed E-state index contributed by atoms with van der Waals surface area (Å²) < 4.78 is 10.1. The predicted octanol–water partition coefficient (Wildman–Crippen LogP) is 3.51. The van der Waals surface area contributed by atoms with Crippen LogP contribution in [0.5, 0.6) is 0 Å². The van der Waals surface area contributed by atoms with Crippen molar-refractivity contribution in [2.24, 2.45) is 0 Å². The highest BCUT2D eigenvalue weighted by Crippen LogP contribution is 2.20. The van der Waals surface area contributed by atoms with Crippen molar-refractivity contribution in [2.75, 3.05) is 13.2 Å². The zero-order chi connectivity index (χ0) is 17.2. The third-order valence-corrected chi connectivity index (χ3v) is 3.12. The van der Waals surface area contributed by atoms with Gasteiger partial charge in [0.15, 0.2) is 0 Å². The second-order valence-corrected chi connectivity index (χ2v) is 4.97. The molecule has 1 aromatic carbocycles. The number of carbonyl (C=O) groups is 2. The number of unbranched alkanes of at least 4 members (excludes halogenated alkanes) is 2. The maximum absolute atomic E-state index is 12.1. The maximum atomic E-state index is 12.1. The molecule has 0 unspecified atom stereocenters. The van der Waals surface area contributed by atoms with Crippen molar-refractivity contribution >= 4 is 17.6 Å². The molecule has 0 spiro atoms. The minimum Gasteiger partial charge on any atom is -0.462 e. The molecule has 0 aromatic heterocycles. The highest BCUT2D eigenvalue weighted by molar-refractivity contribution is 6.03. The SMILES string of the molecule is CCCCOC(=O)c1ccc([N+](=O)[O-])cc1C(=O)OCCCC. The number of hydrogen-bond donors (Lipinski definition) is 0. The largest absolute Gasteiger partial charge is 0.462 e. The lowest BCUT2D eigenvalue weighted by atomic mass is 10.1. The molecular formula is C16H21NO6. The van der Waals surface area contributed by atoms with Crippen molar-refractivity contribution in [3.63, 3.8) is 0 Å². The first-order valence-electron chi connectivity index (χ1n) is 7.63. The van der Waals surface area contributed by atoms with Gasteiger partial charge < -0.3 is 9.47 Å². The molecule has 0 atom stereocenters. The molecule has 0 saturated heterocycles. The van der Waals surface area contributed by atoms with Crippen LogP contribution >= 0.6 is 0 Å². The molecule has 7 heteroatoms. The zero-order valence-corrected chi connectivity index (χ0v) is 13.4. The average molecular weight is 323 g/mol. The summed E-state index contributed by atoms with van der Waals surface area (Å²) in [5, 5.41) is 10.9. The summed E-state index contributed by atoms with van der Waals surface area (Å²) in [5.74, 6) is -1.44. The van der Waals surface area contributed by atoms with Crippen LogP contribution in [-0.2, 0) is 9.47 Å². The van der Waals surface area contributed by atoms with Crippen LogP contribution in [-0.4, -0.2) is 30.1 Å². The van der Waals surface area contributed by atoms with Crippen LogP contribution in [0.2, 0.25) is 0 Å². The number of carbonyl (C=O) groups excluding carboxylic acids is 2. The Kier molecular flexibility index (Phi) is 7.73. The number of rotatable bonds is 9. The molecule has 0 saturated carbocycles. The van der Waals surface area contributed by atoms with Crippen molar-refractivity contribution < 1.29 is 24.0 Å². The number of esters is 2. The number of hydrogen-bond acceptors (Lipinski definition) is 6. The zero-order valence-electron chi connectivity index (χ0n) is 13.4. The average Bonchev–Trinajstić information content (AvgIpc) is 2.54. The Morgan fingerprint density at radius 2 is 1.52 bits per heavy atom. The number of benzene rings is 1. The third-order valence-electron chi connectivity index (χ3n) is 3.12. The molecule has 0 N–H and O–H groups in total. The van der Waals surface area contributed by atoms with Crippen molar-refractivity contribution in [1.82, 2.24) is 0 Å². The van der Waals surface area contributed by atoms with E-state index < -0.39 is 16.9 Å². The number of non-ortho nitro benzene ring substituents is 1. The van der Waals surface area contributed by atoms with E-state index in [-0.39, 0.29) is 30.0 Å². The van der Waals surface area contributed by atoms with E-state index in [0.717, 1.165) is 18.9 Å². The summed E-state index contributed by atoms with van der Waals surface area (Å²) >= 11 is 0. The van der Waals surface area contributed by atoms with Crippen LogP contribution in [0.4, 0.5) is 5.69 Å². The van der Waals surface area contributed by atoms with Gasteiger partial charge in [-0.1, -0.05) is 26.7 Å². The second-order valence-electron chi connectivity index (χ2n) is 4.97. The van der Waals surface area contributed by atoms with Crippen LogP contribution < -0.4 is 0 Å². The first kappa shape index (κ1) is 18.6. The molecule has 0 heterocycles. The maximum Gasteiger partial charge on any atom is 0.339 e. The number of nitrogens with zero attached hydrogens (tertiary/aromatic N) is 1. The van der Waals surface area contributed by atoms with E-state index in [1.807, 2.05) is 13.8 Å². The number of nitro benzene ring substituents is 1. The molecule has 0 radical (unpaired) electrons. The predicted molar refractivity (Wildman–Crippen MR) is 83.5 cm³/mol. The van der Waals surface area contributed by atoms with E-state index >= 15 is 0 Å². The van der Waals surface area contributed by atoms with E-state index in [0.29, 0.717) is 12.8 Å². The quantitative estimate of drug-likeness (QED) is 0.299. The molecule has 126 valence electrons. The topological polar surface area (TPSA) is 95.7 Å². The molecule has 1 rings (SSSR count). The second kappa shape index (κ2) is 9.55. The van der Waals surface area contributed by atoms with Crippen molar-refractivity contribution in [3.8, 4) is 0 Å². The fraction of sp³-hybridized carbons (Fsp3) is 0.500. The smallest absolute Gasteiger partial charge is 0.339 e. The number of nitro groups is 1. The Balaban J connectivity index is 3.01. The molecule has 0 bridgehead atoms. The molecule has 0 aliphatic heterocycles. The molecule has 1 aromatic rings. The summed E-state index contributed by atoms with van der Waals surface area (Å²) in [6, 6.07) is 3.44. The van der Waals surface area contributed by atoms with Crippen molar-refractivity contribution in [3.05, 3.63) is 39.4 Å². The van der Waals surface area contributed by atoms with Gasteiger partial charge in [0, 0.05) is 12.1 Å². The van der Waals surface area contributed by atoms with Gasteiger partial charge in [0.05, 0.1) is 29.3 Å². The summed E-state index contributed by atoms with van der Waals surface area (Å²) in [4.78, 5) is 34.4. The Morgan fingerprint density at radius 3 is 2.00 bits per heavy atom. The molecule has 0 aliphatic carbocycles. The normalized spacial score (nSPS) is 10.2. The van der Waals surface area contributed by atoms with Crippen LogP contribution in [0, 0.1) is 10.1 Å². The summed E-state index contributed by atoms with van der Waals surface area (Å²) in [6.45, 7) is 4.33. The molecule has 7 nitrogen and oxygen atoms in total. The van der Waals surface area contributed by atoms with E-state index in [1.54, 1.807) is 0 Å². The highest BCUT2D eigenvalue weighted by Gasteiger charge is 2.23. The summed E-state index contributed by atoms with van der Waals surface area (Å²) in [7, 11) is 0. The third kappa shape index (κ3) is 5.69. The lowest BCUT2D eigenvalue weighted by Crippen LogP contribution is -2.15. The van der Waals surface area contributed by atoms with Crippen molar-refractivity contribution in [2.45, 2.75) is 39.5 Å². The van der Waals surface area contributed by atoms with E-state index in [9.17, 15) is 19.7 Å². The lowest BCUT2D eigenvalue weighted by molar-refractivity contribution is -0.384. The van der Waals surface area contributed by atoms with Crippen LogP contribution in [0.25, 0.3) is 0 Å². The highest BCUT2D eigenvalue weighted by atomic mass is 16.6. The van der Waals surface area contributed by atoms with Gasteiger partial charge in [0.2, 0.25) is 0 Å². The van der Waals surface area contributed by atoms with Crippen LogP contribution in [0.3, 0.4) is 0 Å². The van der Waals surface area contributed by atoms with Gasteiger partial charge in [-0.2, -0.15) is 0 Å². The van der Waals surface area contributed by atoms with Gasteiger partial charge in [0.25, 0.3) is 5.69 Å². The van der Waals surface area contributed by atoms with Crippen LogP contribution in [0.1, 0.15) is 60.2 Å². The van der Waals surface area contributed by atoms with Crippen LogP contribution in [0.15, 0.2) is 18.2 Å². The minimum atomic E-state index is -0.760. The molecule has 0 aliphatic rings. The fourth-order valence-electron chi connectivity index (χ4n) is 1.77. The monoisotopic (exact) mass is 323 g/mol. The van der Waals surface area contributed by atoms with E-state index in [1.165, 1.54) is 12.1 Å². The van der Waals surface area contributed by atoms with Gasteiger partial charge in [-0.3, -0.25) is 10.1 Å². The summed E-state index contributed by atoms with van der Waals surface area (Å²) in [6.07, 6.45) is 3.08. The minimum absolute atomic E-state index is 0.0202. The molecule has 0 amide bonds. The van der Waals surface area contributed by atoms with E-state index in [4.69, 9.17) is 9.47 Å². The van der Waals surface area contributed by atoms with Gasteiger partial charge in [-0.25, -0.2) is 9.59 Å².